The summed E-state index contributed by atoms with van der Waals surface area (Å²) in [5.41, 5.74) is 2.11. The Labute approximate surface area is 125 Å². The maximum absolute atomic E-state index is 13.9. The first-order chi connectivity index (χ1) is 9.58. The number of fused-ring (bicyclic) bond motifs is 1. The Kier molecular flexibility index (Phi) is 3.34. The fourth-order valence-corrected chi connectivity index (χ4v) is 3.03. The van der Waals surface area contributed by atoms with Crippen LogP contribution < -0.4 is 4.90 Å². The molecule has 4 heteroatoms. The van der Waals surface area contributed by atoms with E-state index in [1.165, 1.54) is 12.1 Å². The highest BCUT2D eigenvalue weighted by Gasteiger charge is 2.32. The molecular weight excluding hydrogens is 321 g/mol. The molecule has 0 N–H and O–H groups in total. The van der Waals surface area contributed by atoms with E-state index in [4.69, 9.17) is 0 Å². The smallest absolute Gasteiger partial charge is 0.261 e. The fourth-order valence-electron chi connectivity index (χ4n) is 2.67. The molecule has 1 aliphatic rings. The molecule has 0 spiro atoms. The molecule has 102 valence electrons. The lowest BCUT2D eigenvalue weighted by atomic mass is 10.1. The predicted octanol–water partition coefficient (Wildman–Crippen LogP) is 4.18. The van der Waals surface area contributed by atoms with Gasteiger partial charge in [-0.3, -0.25) is 4.79 Å². The van der Waals surface area contributed by atoms with Crippen LogP contribution in [0.5, 0.6) is 0 Å². The zero-order valence-corrected chi connectivity index (χ0v) is 12.5. The number of hydrogen-bond acceptors (Lipinski definition) is 1. The average Bonchev–Trinajstić information content (AvgIpc) is 2.76. The van der Waals surface area contributed by atoms with Gasteiger partial charge in [0.15, 0.2) is 0 Å². The van der Waals surface area contributed by atoms with Crippen LogP contribution in [0.1, 0.15) is 22.8 Å². The first-order valence-electron chi connectivity index (χ1n) is 6.44. The normalized spacial score (nSPS) is 17.1. The van der Waals surface area contributed by atoms with Gasteiger partial charge >= 0.3 is 0 Å². The molecule has 1 heterocycles. The molecule has 1 aliphatic heterocycles. The van der Waals surface area contributed by atoms with Gasteiger partial charge in [-0.2, -0.15) is 0 Å². The van der Waals surface area contributed by atoms with Gasteiger partial charge in [0.2, 0.25) is 0 Å². The number of benzene rings is 2. The molecule has 0 saturated heterocycles. The Bertz CT molecular complexity index is 686. The molecule has 2 aromatic rings. The Balaban J connectivity index is 2.05. The highest BCUT2D eigenvalue weighted by atomic mass is 79.9. The van der Waals surface area contributed by atoms with Gasteiger partial charge in [0.05, 0.1) is 5.56 Å². The minimum atomic E-state index is -0.491. The number of para-hydroxylation sites is 1. The molecule has 2 nitrogen and oxygen atoms in total. The molecule has 20 heavy (non-hydrogen) atoms. The third-order valence-corrected chi connectivity index (χ3v) is 4.08. The molecule has 3 rings (SSSR count). The fraction of sp³-hybridized carbons (Fsp3) is 0.188. The van der Waals surface area contributed by atoms with Crippen molar-refractivity contribution in [2.24, 2.45) is 0 Å². The molecule has 1 amide bonds. The highest BCUT2D eigenvalue weighted by Crippen LogP contribution is 2.33. The minimum absolute atomic E-state index is 0.0401. The first-order valence-corrected chi connectivity index (χ1v) is 7.24. The lowest BCUT2D eigenvalue weighted by Gasteiger charge is -2.23. The van der Waals surface area contributed by atoms with E-state index in [1.54, 1.807) is 11.0 Å². The van der Waals surface area contributed by atoms with Crippen LogP contribution in [0, 0.1) is 5.82 Å². The molecule has 0 aromatic heterocycles. The summed E-state index contributed by atoms with van der Waals surface area (Å²) in [7, 11) is 0. The van der Waals surface area contributed by atoms with Crippen molar-refractivity contribution >= 4 is 27.5 Å². The molecule has 0 saturated carbocycles. The second-order valence-electron chi connectivity index (χ2n) is 4.98. The summed E-state index contributed by atoms with van der Waals surface area (Å²) >= 11 is 3.28. The summed E-state index contributed by atoms with van der Waals surface area (Å²) in [6, 6.07) is 12.2. The van der Waals surface area contributed by atoms with Crippen LogP contribution in [-0.2, 0) is 6.42 Å². The number of nitrogens with zero attached hydrogens (tertiary/aromatic N) is 1. The number of carbonyl (C=O) groups is 1. The summed E-state index contributed by atoms with van der Waals surface area (Å²) in [6.07, 6.45) is 0.803. The van der Waals surface area contributed by atoms with E-state index < -0.39 is 5.82 Å². The van der Waals surface area contributed by atoms with Crippen molar-refractivity contribution in [2.45, 2.75) is 19.4 Å². The molecular formula is C16H13BrFNO. The van der Waals surface area contributed by atoms with Crippen molar-refractivity contribution in [3.63, 3.8) is 0 Å². The SMILES string of the molecule is C[C@H]1Cc2ccccc2N1C(=O)c1cc(Br)ccc1F. The van der Waals surface area contributed by atoms with Crippen LogP contribution >= 0.6 is 15.9 Å². The highest BCUT2D eigenvalue weighted by molar-refractivity contribution is 9.10. The standard InChI is InChI=1S/C16H13BrFNO/c1-10-8-11-4-2-3-5-15(11)19(10)16(20)13-9-12(17)6-7-14(13)18/h2-7,9-10H,8H2,1H3/t10-/m0/s1. The average molecular weight is 334 g/mol. The zero-order valence-electron chi connectivity index (χ0n) is 10.9. The van der Waals surface area contributed by atoms with Gasteiger partial charge in [0.25, 0.3) is 5.91 Å². The van der Waals surface area contributed by atoms with E-state index in [2.05, 4.69) is 15.9 Å². The van der Waals surface area contributed by atoms with Crippen molar-refractivity contribution in [3.05, 3.63) is 63.9 Å². The number of amides is 1. The molecule has 0 bridgehead atoms. The molecule has 0 aliphatic carbocycles. The summed E-state index contributed by atoms with van der Waals surface area (Å²) in [5.74, 6) is -0.781. The first kappa shape index (κ1) is 13.3. The van der Waals surface area contributed by atoms with E-state index >= 15 is 0 Å². The molecule has 0 unspecified atom stereocenters. The van der Waals surface area contributed by atoms with Crippen molar-refractivity contribution in [2.75, 3.05) is 4.90 Å². The van der Waals surface area contributed by atoms with Crippen LogP contribution in [0.25, 0.3) is 0 Å². The Hall–Kier alpha value is -1.68. The summed E-state index contributed by atoms with van der Waals surface area (Å²) in [4.78, 5) is 14.3. The van der Waals surface area contributed by atoms with Crippen LogP contribution in [0.4, 0.5) is 10.1 Å². The van der Waals surface area contributed by atoms with Crippen LogP contribution in [-0.4, -0.2) is 11.9 Å². The van der Waals surface area contributed by atoms with Gasteiger partial charge in [-0.15, -0.1) is 0 Å². The molecule has 0 fully saturated rings. The largest absolute Gasteiger partial charge is 0.305 e. The predicted molar refractivity (Wildman–Crippen MR) is 80.5 cm³/mol. The van der Waals surface area contributed by atoms with E-state index in [9.17, 15) is 9.18 Å². The van der Waals surface area contributed by atoms with Crippen LogP contribution in [0.2, 0.25) is 0 Å². The van der Waals surface area contributed by atoms with Gasteiger partial charge in [-0.1, -0.05) is 34.1 Å². The lowest BCUT2D eigenvalue weighted by molar-refractivity contribution is 0.0977. The third-order valence-electron chi connectivity index (χ3n) is 3.58. The van der Waals surface area contributed by atoms with Gasteiger partial charge in [0, 0.05) is 16.2 Å². The summed E-state index contributed by atoms with van der Waals surface area (Å²) in [5, 5.41) is 0. The topological polar surface area (TPSA) is 20.3 Å². The third kappa shape index (κ3) is 2.14. The van der Waals surface area contributed by atoms with Crippen LogP contribution in [0.15, 0.2) is 46.9 Å². The van der Waals surface area contributed by atoms with Crippen molar-refractivity contribution in [3.8, 4) is 0 Å². The number of carbonyl (C=O) groups excluding carboxylic acids is 1. The van der Waals surface area contributed by atoms with Crippen molar-refractivity contribution < 1.29 is 9.18 Å². The zero-order chi connectivity index (χ0) is 14.3. The van der Waals surface area contributed by atoms with Crippen molar-refractivity contribution in [1.82, 2.24) is 0 Å². The van der Waals surface area contributed by atoms with Gasteiger partial charge in [-0.05, 0) is 43.2 Å². The number of hydrogen-bond donors (Lipinski definition) is 0. The van der Waals surface area contributed by atoms with Gasteiger partial charge < -0.3 is 4.90 Å². The Morgan fingerprint density at radius 1 is 1.30 bits per heavy atom. The van der Waals surface area contributed by atoms with E-state index in [0.29, 0.717) is 4.47 Å². The van der Waals surface area contributed by atoms with E-state index in [0.717, 1.165) is 17.7 Å². The quantitative estimate of drug-likeness (QED) is 0.766. The maximum atomic E-state index is 13.9. The second-order valence-corrected chi connectivity index (χ2v) is 5.90. The summed E-state index contributed by atoms with van der Waals surface area (Å²) < 4.78 is 14.6. The Morgan fingerprint density at radius 2 is 2.05 bits per heavy atom. The second kappa shape index (κ2) is 5.02. The minimum Gasteiger partial charge on any atom is -0.305 e. The van der Waals surface area contributed by atoms with Crippen molar-refractivity contribution in [1.29, 1.82) is 0 Å². The molecule has 1 atom stereocenters. The van der Waals surface area contributed by atoms with Gasteiger partial charge in [-0.25, -0.2) is 4.39 Å². The monoisotopic (exact) mass is 333 g/mol. The van der Waals surface area contributed by atoms with Crippen LogP contribution in [0.3, 0.4) is 0 Å². The number of anilines is 1. The Morgan fingerprint density at radius 3 is 2.85 bits per heavy atom. The maximum Gasteiger partial charge on any atom is 0.261 e. The molecule has 2 aromatic carbocycles. The number of halogens is 2. The summed E-state index contributed by atoms with van der Waals surface area (Å²) in [6.45, 7) is 1.98. The van der Waals surface area contributed by atoms with E-state index in [-0.39, 0.29) is 17.5 Å². The van der Waals surface area contributed by atoms with E-state index in [1.807, 2.05) is 31.2 Å². The van der Waals surface area contributed by atoms with Gasteiger partial charge in [0.1, 0.15) is 5.82 Å². The molecule has 0 radical (unpaired) electrons. The lowest BCUT2D eigenvalue weighted by Crippen LogP contribution is -2.36. The number of rotatable bonds is 1.